The highest BCUT2D eigenvalue weighted by atomic mass is 32.2. The number of nitrogens with zero attached hydrogens (tertiary/aromatic N) is 2. The van der Waals surface area contributed by atoms with E-state index in [1.807, 2.05) is 43.3 Å². The number of ether oxygens (including phenoxy) is 2. The Labute approximate surface area is 259 Å². The Balaban J connectivity index is 1.38. The van der Waals surface area contributed by atoms with E-state index in [4.69, 9.17) is 9.47 Å². The minimum absolute atomic E-state index is 0.0755. The zero-order valence-electron chi connectivity index (χ0n) is 23.7. The number of nitriles is 1. The highest BCUT2D eigenvalue weighted by Gasteiger charge is 2.24. The minimum Gasteiger partial charge on any atom is -0.453 e. The van der Waals surface area contributed by atoms with E-state index in [1.165, 1.54) is 36.2 Å². The van der Waals surface area contributed by atoms with Gasteiger partial charge in [-0.3, -0.25) is 0 Å². The number of alkyl carbamates (subject to hydrolysis) is 1. The number of amides is 1. The fourth-order valence-electron chi connectivity index (χ4n) is 4.41. The van der Waals surface area contributed by atoms with Gasteiger partial charge in [-0.25, -0.2) is 21.6 Å². The van der Waals surface area contributed by atoms with Gasteiger partial charge in [0.25, 0.3) is 10.0 Å². The number of fused-ring (bicyclic) bond motifs is 1. The lowest BCUT2D eigenvalue weighted by Crippen LogP contribution is -2.24. The van der Waals surface area contributed by atoms with Gasteiger partial charge >= 0.3 is 6.09 Å². The van der Waals surface area contributed by atoms with E-state index in [1.54, 1.807) is 36.4 Å². The second-order valence-electron chi connectivity index (χ2n) is 9.80. The number of nitrogens with one attached hydrogen (secondary N) is 1. The number of hydrogen-bond acceptors (Lipinski definition) is 7. The maximum absolute atomic E-state index is 15.8. The first kappa shape index (κ1) is 30.7. The van der Waals surface area contributed by atoms with Crippen LogP contribution < -0.4 is 10.1 Å². The van der Waals surface area contributed by atoms with Crippen LogP contribution >= 0.6 is 11.8 Å². The largest absolute Gasteiger partial charge is 0.453 e. The molecule has 224 valence electrons. The molecule has 1 amide bonds. The summed E-state index contributed by atoms with van der Waals surface area (Å²) in [6.45, 7) is 2.32. The van der Waals surface area contributed by atoms with E-state index in [0.29, 0.717) is 34.6 Å². The average molecular weight is 630 g/mol. The molecule has 0 aliphatic carbocycles. The van der Waals surface area contributed by atoms with Crippen LogP contribution in [0.2, 0.25) is 0 Å². The van der Waals surface area contributed by atoms with Crippen LogP contribution in [0.15, 0.2) is 107 Å². The maximum Gasteiger partial charge on any atom is 0.407 e. The monoisotopic (exact) mass is 629 g/mol. The Morgan fingerprint density at radius 3 is 2.55 bits per heavy atom. The van der Waals surface area contributed by atoms with Gasteiger partial charge in [0.2, 0.25) is 0 Å². The van der Waals surface area contributed by atoms with Crippen molar-refractivity contribution in [2.45, 2.75) is 29.7 Å². The van der Waals surface area contributed by atoms with E-state index < -0.39 is 21.9 Å². The van der Waals surface area contributed by atoms with Crippen LogP contribution in [0.3, 0.4) is 0 Å². The van der Waals surface area contributed by atoms with Crippen molar-refractivity contribution in [2.75, 3.05) is 12.4 Å². The molecule has 0 bridgehead atoms. The summed E-state index contributed by atoms with van der Waals surface area (Å²) in [4.78, 5) is 12.6. The molecule has 0 radical (unpaired) electrons. The normalized spacial score (nSPS) is 11.2. The lowest BCUT2D eigenvalue weighted by Gasteiger charge is -2.15. The predicted molar refractivity (Wildman–Crippen MR) is 167 cm³/mol. The molecule has 1 N–H and O–H groups in total. The molecule has 0 aliphatic heterocycles. The topological polar surface area (TPSA) is 110 Å². The van der Waals surface area contributed by atoms with Gasteiger partial charge in [-0.05, 0) is 55.3 Å². The van der Waals surface area contributed by atoms with Gasteiger partial charge < -0.3 is 14.8 Å². The van der Waals surface area contributed by atoms with Crippen molar-refractivity contribution in [3.63, 3.8) is 0 Å². The Morgan fingerprint density at radius 2 is 1.80 bits per heavy atom. The van der Waals surface area contributed by atoms with Crippen molar-refractivity contribution in [1.29, 1.82) is 5.26 Å². The van der Waals surface area contributed by atoms with E-state index in [-0.39, 0.29) is 28.5 Å². The third kappa shape index (κ3) is 7.05. The number of rotatable bonds is 11. The summed E-state index contributed by atoms with van der Waals surface area (Å²) >= 11 is 1.25. The van der Waals surface area contributed by atoms with E-state index >= 15 is 4.39 Å². The lowest BCUT2D eigenvalue weighted by atomic mass is 10.2. The summed E-state index contributed by atoms with van der Waals surface area (Å²) in [5.74, 6) is -0.188. The van der Waals surface area contributed by atoms with Gasteiger partial charge in [0.1, 0.15) is 5.75 Å². The molecule has 0 unspecified atom stereocenters. The van der Waals surface area contributed by atoms with Gasteiger partial charge in [0.15, 0.2) is 11.6 Å². The number of benzene rings is 4. The molecule has 0 fully saturated rings. The number of halogens is 1. The first-order valence-corrected chi connectivity index (χ1v) is 16.1. The van der Waals surface area contributed by atoms with Crippen LogP contribution in [0.4, 0.5) is 9.18 Å². The van der Waals surface area contributed by atoms with E-state index in [0.717, 1.165) is 21.2 Å². The molecule has 0 saturated carbocycles. The molecular weight excluding hydrogens is 602 g/mol. The molecule has 44 heavy (non-hydrogen) atoms. The first-order chi connectivity index (χ1) is 21.3. The second kappa shape index (κ2) is 13.7. The molecule has 0 saturated heterocycles. The zero-order valence-corrected chi connectivity index (χ0v) is 25.3. The van der Waals surface area contributed by atoms with Gasteiger partial charge in [-0.1, -0.05) is 54.1 Å². The molecule has 8 nitrogen and oxygen atoms in total. The quantitative estimate of drug-likeness (QED) is 0.120. The van der Waals surface area contributed by atoms with Crippen molar-refractivity contribution in [3.8, 4) is 17.6 Å². The van der Waals surface area contributed by atoms with Gasteiger partial charge in [-0.15, -0.1) is 11.8 Å². The fourth-order valence-corrected chi connectivity index (χ4v) is 6.82. The molecule has 5 rings (SSSR count). The van der Waals surface area contributed by atoms with E-state index in [2.05, 4.69) is 5.32 Å². The lowest BCUT2D eigenvalue weighted by molar-refractivity contribution is 0.146. The van der Waals surface area contributed by atoms with Crippen LogP contribution in [0.25, 0.3) is 10.9 Å². The molecular formula is C33H28FN3O5S2. The Morgan fingerprint density at radius 1 is 1.02 bits per heavy atom. The Kier molecular flexibility index (Phi) is 9.53. The summed E-state index contributed by atoms with van der Waals surface area (Å²) in [6, 6.07) is 27.0. The number of thioether (sulfide) groups is 1. The van der Waals surface area contributed by atoms with Crippen molar-refractivity contribution >= 4 is 38.8 Å². The highest BCUT2D eigenvalue weighted by Crippen LogP contribution is 2.42. The van der Waals surface area contributed by atoms with Crippen LogP contribution in [-0.2, 0) is 21.3 Å². The Hall–Kier alpha value is -4.79. The third-order valence-electron chi connectivity index (χ3n) is 6.63. The zero-order chi connectivity index (χ0) is 31.1. The van der Waals surface area contributed by atoms with Gasteiger partial charge in [0.05, 0.1) is 33.5 Å². The van der Waals surface area contributed by atoms with E-state index in [9.17, 15) is 18.5 Å². The third-order valence-corrected chi connectivity index (χ3v) is 9.52. The Bertz CT molecular complexity index is 1940. The summed E-state index contributed by atoms with van der Waals surface area (Å²) in [7, 11) is -4.02. The number of carbonyl (C=O) groups excluding carboxylic acids is 1. The summed E-state index contributed by atoms with van der Waals surface area (Å²) in [5, 5.41) is 12.5. The van der Waals surface area contributed by atoms with Crippen LogP contribution in [0, 0.1) is 24.1 Å². The molecule has 0 spiro atoms. The SMILES string of the molecule is Cc1ccc(S(=O)(=O)n2ccc3c(SCCCOC(=O)NCc4ccccc4)c(Oc4cccc(C#N)c4)c(F)cc32)cc1. The molecule has 1 aromatic heterocycles. The highest BCUT2D eigenvalue weighted by molar-refractivity contribution is 7.99. The number of hydrogen-bond donors (Lipinski definition) is 1. The van der Waals surface area contributed by atoms with Gasteiger partial charge in [0, 0.05) is 29.9 Å². The summed E-state index contributed by atoms with van der Waals surface area (Å²) in [5.41, 5.74) is 2.35. The second-order valence-corrected chi connectivity index (χ2v) is 12.7. The predicted octanol–water partition coefficient (Wildman–Crippen LogP) is 7.40. The first-order valence-electron chi connectivity index (χ1n) is 13.7. The number of aryl methyl sites for hydroxylation is 1. The maximum atomic E-state index is 15.8. The molecule has 5 aromatic rings. The van der Waals surface area contributed by atoms with Gasteiger partial charge in [-0.2, -0.15) is 5.26 Å². The fraction of sp³-hybridized carbons (Fsp3) is 0.152. The molecule has 0 atom stereocenters. The van der Waals surface area contributed by atoms with Crippen LogP contribution in [-0.4, -0.2) is 30.8 Å². The van der Waals surface area contributed by atoms with Crippen LogP contribution in [0.1, 0.15) is 23.1 Å². The standard InChI is InChI=1S/C33H28FN3O5S2/c1-23-11-13-27(14-12-23)44(39,40)37-16-15-28-30(37)20-29(34)31(42-26-10-5-9-25(19-26)21-35)32(28)43-18-6-17-41-33(38)36-22-24-7-3-2-4-8-24/h2-5,7-16,19-20H,6,17-18,22H2,1H3,(H,36,38). The molecule has 0 aliphatic rings. The number of carbonyl (C=O) groups is 1. The molecule has 4 aromatic carbocycles. The summed E-state index contributed by atoms with van der Waals surface area (Å²) < 4.78 is 55.1. The smallest absolute Gasteiger partial charge is 0.407 e. The minimum atomic E-state index is -4.02. The van der Waals surface area contributed by atoms with Crippen molar-refractivity contribution < 1.29 is 27.1 Å². The van der Waals surface area contributed by atoms with Crippen molar-refractivity contribution in [2.24, 2.45) is 0 Å². The molecule has 11 heteroatoms. The average Bonchev–Trinajstić information content (AvgIpc) is 3.46. The van der Waals surface area contributed by atoms with Crippen molar-refractivity contribution in [1.82, 2.24) is 9.29 Å². The number of aromatic nitrogens is 1. The van der Waals surface area contributed by atoms with Crippen LogP contribution in [0.5, 0.6) is 11.5 Å². The molecule has 1 heterocycles. The summed E-state index contributed by atoms with van der Waals surface area (Å²) in [6.07, 6.45) is 1.28. The van der Waals surface area contributed by atoms with Crippen molar-refractivity contribution in [3.05, 3.63) is 120 Å².